The van der Waals surface area contributed by atoms with Gasteiger partial charge >= 0.3 is 0 Å². The number of aromatic nitrogens is 3. The molecule has 6 N–H and O–H groups in total. The van der Waals surface area contributed by atoms with Crippen molar-refractivity contribution in [3.8, 4) is 0 Å². The van der Waals surface area contributed by atoms with Crippen molar-refractivity contribution in [2.75, 3.05) is 28.2 Å². The van der Waals surface area contributed by atoms with Gasteiger partial charge in [-0.25, -0.2) is 5.26 Å². The zero-order valence-electron chi connectivity index (χ0n) is 17.4. The van der Waals surface area contributed by atoms with Crippen molar-refractivity contribution in [2.24, 2.45) is 0 Å². The van der Waals surface area contributed by atoms with Crippen LogP contribution in [-0.2, 0) is 29.6 Å². The second-order valence-electron chi connectivity index (χ2n) is 6.52. The summed E-state index contributed by atoms with van der Waals surface area (Å²) >= 11 is 0.771. The van der Waals surface area contributed by atoms with Crippen LogP contribution in [0.3, 0.4) is 0 Å². The molecule has 18 heteroatoms. The molecule has 0 bridgehead atoms. The molecule has 2 aromatic carbocycles. The Labute approximate surface area is 203 Å². The van der Waals surface area contributed by atoms with Crippen LogP contribution in [0.2, 0.25) is 0 Å². The van der Waals surface area contributed by atoms with Crippen LogP contribution < -0.4 is 16.0 Å². The Hall–Kier alpha value is -3.10. The minimum absolute atomic E-state index is 0.0112. The Morgan fingerprint density at radius 1 is 0.800 bits per heavy atom. The highest BCUT2D eigenvalue weighted by Crippen LogP contribution is 2.24. The average Bonchev–Trinajstić information content (AvgIpc) is 2.77. The van der Waals surface area contributed by atoms with Crippen LogP contribution in [0.1, 0.15) is 0 Å². The van der Waals surface area contributed by atoms with Crippen molar-refractivity contribution in [1.29, 1.82) is 0 Å². The third kappa shape index (κ3) is 8.88. The molecule has 15 nitrogen and oxygen atoms in total. The molecule has 0 saturated heterocycles. The van der Waals surface area contributed by atoms with Crippen LogP contribution in [0.5, 0.6) is 0 Å². The maximum Gasteiger partial charge on any atom is 0.294 e. The zero-order chi connectivity index (χ0) is 25.5. The maximum atomic E-state index is 11.2. The molecular formula is C17H18N6O9S3. The first-order valence-electron chi connectivity index (χ1n) is 9.33. The van der Waals surface area contributed by atoms with Crippen LogP contribution in [0.15, 0.2) is 58.3 Å². The lowest BCUT2D eigenvalue weighted by molar-refractivity contribution is -0.432. The fourth-order valence-electron chi connectivity index (χ4n) is 2.48. The largest absolute Gasteiger partial charge is 0.353 e. The van der Waals surface area contributed by atoms with Gasteiger partial charge in [0.15, 0.2) is 0 Å². The normalized spacial score (nSPS) is 11.7. The quantitative estimate of drug-likeness (QED) is 0.0829. The summed E-state index contributed by atoms with van der Waals surface area (Å²) in [5, 5.41) is 20.2. The van der Waals surface area contributed by atoms with E-state index in [1.165, 1.54) is 24.3 Å². The maximum absolute atomic E-state index is 11.2. The van der Waals surface area contributed by atoms with E-state index in [0.29, 0.717) is 16.3 Å². The molecule has 1 heterocycles. The Morgan fingerprint density at radius 3 is 1.80 bits per heavy atom. The van der Waals surface area contributed by atoms with Crippen molar-refractivity contribution in [3.05, 3.63) is 48.5 Å². The molecule has 188 valence electrons. The standard InChI is InChI=1S/C17H18N6O9S3/c24-31-32-33-13-5-1-11(2-6-13)19-16-21-15(18-9-10-34(25,26)27)22-17(23-16)20-12-3-7-14(8-4-12)35(28,29)30/h1-8,24H,9-10H2,(H,25,26,27)(H,28,29,30)(H3,18,19,20,21,22,23). The summed E-state index contributed by atoms with van der Waals surface area (Å²) in [6.07, 6.45) is 0. The third-order valence-electron chi connectivity index (χ3n) is 3.96. The SMILES string of the molecule is O=S(=O)(O)CCNc1nc(Nc2ccc(SOOO)cc2)nc(Nc2ccc(S(=O)(=O)O)cc2)n1. The lowest BCUT2D eigenvalue weighted by atomic mass is 10.3. The summed E-state index contributed by atoms with van der Waals surface area (Å²) in [6, 6.07) is 11.7. The monoisotopic (exact) mass is 546 g/mol. The number of nitrogens with zero attached hydrogens (tertiary/aromatic N) is 3. The average molecular weight is 547 g/mol. The van der Waals surface area contributed by atoms with E-state index in [2.05, 4.69) is 40.3 Å². The van der Waals surface area contributed by atoms with Gasteiger partial charge in [-0.1, -0.05) is 5.04 Å². The Balaban J connectivity index is 1.82. The topological polar surface area (TPSA) is 222 Å². The number of rotatable bonds is 12. The van der Waals surface area contributed by atoms with E-state index in [-0.39, 0.29) is 29.3 Å². The molecule has 3 rings (SSSR count). The molecule has 1 aromatic heterocycles. The van der Waals surface area contributed by atoms with E-state index < -0.39 is 26.0 Å². The van der Waals surface area contributed by atoms with Gasteiger partial charge in [0.05, 0.1) is 22.7 Å². The number of benzene rings is 2. The smallest absolute Gasteiger partial charge is 0.294 e. The Morgan fingerprint density at radius 2 is 1.31 bits per heavy atom. The van der Waals surface area contributed by atoms with Crippen molar-refractivity contribution in [1.82, 2.24) is 15.0 Å². The third-order valence-corrected chi connectivity index (χ3v) is 6.14. The van der Waals surface area contributed by atoms with Crippen LogP contribution in [0.25, 0.3) is 0 Å². The van der Waals surface area contributed by atoms with E-state index >= 15 is 0 Å². The van der Waals surface area contributed by atoms with Gasteiger partial charge in [0, 0.05) is 22.8 Å². The number of hydrogen-bond acceptors (Lipinski definition) is 14. The number of nitrogens with one attached hydrogen (secondary N) is 3. The van der Waals surface area contributed by atoms with E-state index in [0.717, 1.165) is 12.0 Å². The van der Waals surface area contributed by atoms with Crippen molar-refractivity contribution >= 4 is 61.5 Å². The summed E-state index contributed by atoms with van der Waals surface area (Å²) in [6.45, 7) is -0.191. The van der Waals surface area contributed by atoms with Gasteiger partial charge in [-0.2, -0.15) is 31.8 Å². The predicted octanol–water partition coefficient (Wildman–Crippen LogP) is 2.33. The number of hydrogen-bond donors (Lipinski definition) is 6. The van der Waals surface area contributed by atoms with Crippen molar-refractivity contribution in [3.63, 3.8) is 0 Å². The summed E-state index contributed by atoms with van der Waals surface area (Å²) in [7, 11) is -8.57. The highest BCUT2D eigenvalue weighted by atomic mass is 32.2. The van der Waals surface area contributed by atoms with Gasteiger partial charge in [-0.3, -0.25) is 9.11 Å². The first kappa shape index (κ1) is 26.5. The molecule has 0 saturated carbocycles. The minimum Gasteiger partial charge on any atom is -0.353 e. The van der Waals surface area contributed by atoms with Gasteiger partial charge in [-0.05, 0) is 48.5 Å². The molecule has 0 spiro atoms. The molecule has 0 fully saturated rings. The molecule has 35 heavy (non-hydrogen) atoms. The van der Waals surface area contributed by atoms with Crippen LogP contribution >= 0.6 is 12.0 Å². The summed E-state index contributed by atoms with van der Waals surface area (Å²) in [4.78, 5) is 12.8. The summed E-state index contributed by atoms with van der Waals surface area (Å²) < 4.78 is 66.7. The zero-order valence-corrected chi connectivity index (χ0v) is 19.8. The molecular weight excluding hydrogens is 528 g/mol. The Bertz CT molecular complexity index is 1360. The van der Waals surface area contributed by atoms with Crippen molar-refractivity contribution in [2.45, 2.75) is 9.79 Å². The van der Waals surface area contributed by atoms with Gasteiger partial charge < -0.3 is 16.0 Å². The van der Waals surface area contributed by atoms with E-state index in [1.54, 1.807) is 24.3 Å². The Kier molecular flexibility index (Phi) is 8.75. The van der Waals surface area contributed by atoms with E-state index in [1.807, 2.05) is 0 Å². The molecule has 0 aliphatic rings. The molecule has 0 unspecified atom stereocenters. The molecule has 3 aromatic rings. The van der Waals surface area contributed by atoms with Gasteiger partial charge in [-0.15, -0.1) is 4.33 Å². The fraction of sp³-hybridized carbons (Fsp3) is 0.118. The highest BCUT2D eigenvalue weighted by Gasteiger charge is 2.12. The predicted molar refractivity (Wildman–Crippen MR) is 125 cm³/mol. The lowest BCUT2D eigenvalue weighted by Crippen LogP contribution is -2.17. The van der Waals surface area contributed by atoms with Crippen LogP contribution in [0, 0.1) is 0 Å². The fourth-order valence-corrected chi connectivity index (χ4v) is 3.67. The van der Waals surface area contributed by atoms with E-state index in [4.69, 9.17) is 14.4 Å². The highest BCUT2D eigenvalue weighted by molar-refractivity contribution is 7.94. The molecule has 0 amide bonds. The molecule has 0 aliphatic heterocycles. The molecule has 0 radical (unpaired) electrons. The second-order valence-corrected chi connectivity index (χ2v) is 10.3. The van der Waals surface area contributed by atoms with Gasteiger partial charge in [0.25, 0.3) is 20.2 Å². The first-order chi connectivity index (χ1) is 16.5. The minimum atomic E-state index is -4.36. The number of anilines is 5. The van der Waals surface area contributed by atoms with Gasteiger partial charge in [0.1, 0.15) is 0 Å². The van der Waals surface area contributed by atoms with Crippen LogP contribution in [0.4, 0.5) is 29.2 Å². The summed E-state index contributed by atoms with van der Waals surface area (Å²) in [5.74, 6) is -0.539. The molecule has 0 atom stereocenters. The van der Waals surface area contributed by atoms with Crippen LogP contribution in [-0.4, -0.2) is 58.4 Å². The second kappa shape index (κ2) is 11.6. The van der Waals surface area contributed by atoms with E-state index in [9.17, 15) is 16.8 Å². The molecule has 0 aliphatic carbocycles. The first-order valence-corrected chi connectivity index (χ1v) is 13.1. The van der Waals surface area contributed by atoms with Gasteiger partial charge in [0.2, 0.25) is 17.8 Å². The van der Waals surface area contributed by atoms with Crippen molar-refractivity contribution < 1.29 is 40.6 Å². The summed E-state index contributed by atoms with van der Waals surface area (Å²) in [5.41, 5.74) is 0.934. The lowest BCUT2D eigenvalue weighted by Gasteiger charge is -2.11.